The van der Waals surface area contributed by atoms with Gasteiger partial charge in [0.2, 0.25) is 5.78 Å². The van der Waals surface area contributed by atoms with Crippen LogP contribution in [0.4, 0.5) is 13.2 Å². The average Bonchev–Trinajstić information content (AvgIpc) is 3.05. The molecule has 0 spiro atoms. The van der Waals surface area contributed by atoms with E-state index in [1.54, 1.807) is 6.92 Å². The van der Waals surface area contributed by atoms with Crippen LogP contribution in [-0.2, 0) is 4.74 Å². The third-order valence-electron chi connectivity index (χ3n) is 3.16. The van der Waals surface area contributed by atoms with Crippen LogP contribution in [0.1, 0.15) is 17.4 Å². The number of halogens is 4. The van der Waals surface area contributed by atoms with Crippen molar-refractivity contribution in [2.45, 2.75) is 13.1 Å². The summed E-state index contributed by atoms with van der Waals surface area (Å²) in [6.07, 6.45) is 0.715. The number of carbonyl (C=O) groups excluding carboxylic acids is 1. The molecule has 0 saturated heterocycles. The van der Waals surface area contributed by atoms with Gasteiger partial charge in [-0.2, -0.15) is 13.2 Å². The Morgan fingerprint density at radius 2 is 2.04 bits per heavy atom. The normalized spacial score (nSPS) is 11.5. The standard InChI is InChI=1S/C16H12ClF3N4O4/c1-2-26-14(25)11-7-24-6-10(5-22-15(24)23-11)28-13-12(3-9(17)4-21-13)27-8-16(18,19)20/h3-7H,2,8H2,1H3. The molecule has 0 N–H and O–H groups in total. The molecular formula is C16H12ClF3N4O4. The van der Waals surface area contributed by atoms with Crippen LogP contribution in [0.15, 0.2) is 30.9 Å². The van der Waals surface area contributed by atoms with Crippen LogP contribution in [0.25, 0.3) is 5.78 Å². The Labute approximate surface area is 160 Å². The summed E-state index contributed by atoms with van der Waals surface area (Å²) in [5, 5.41) is 0.0757. The van der Waals surface area contributed by atoms with E-state index in [0.717, 1.165) is 6.07 Å². The number of alkyl halides is 3. The highest BCUT2D eigenvalue weighted by molar-refractivity contribution is 6.30. The van der Waals surface area contributed by atoms with Crippen molar-refractivity contribution in [1.29, 1.82) is 0 Å². The number of pyridine rings is 1. The van der Waals surface area contributed by atoms with Crippen molar-refractivity contribution < 1.29 is 32.2 Å². The minimum Gasteiger partial charge on any atom is -0.478 e. The van der Waals surface area contributed by atoms with Crippen LogP contribution in [0.5, 0.6) is 17.4 Å². The van der Waals surface area contributed by atoms with E-state index in [1.807, 2.05) is 0 Å². The largest absolute Gasteiger partial charge is 0.478 e. The van der Waals surface area contributed by atoms with Gasteiger partial charge in [-0.25, -0.2) is 19.7 Å². The minimum absolute atomic E-state index is 0.0466. The second kappa shape index (κ2) is 7.89. The maximum atomic E-state index is 12.4. The highest BCUT2D eigenvalue weighted by atomic mass is 35.5. The molecule has 0 unspecified atom stereocenters. The first-order chi connectivity index (χ1) is 13.2. The van der Waals surface area contributed by atoms with E-state index in [4.69, 9.17) is 25.8 Å². The highest BCUT2D eigenvalue weighted by Gasteiger charge is 2.29. The van der Waals surface area contributed by atoms with Crippen molar-refractivity contribution in [2.75, 3.05) is 13.2 Å². The molecule has 0 aromatic carbocycles. The van der Waals surface area contributed by atoms with Gasteiger partial charge in [-0.15, -0.1) is 0 Å². The Hall–Kier alpha value is -3.08. The molecule has 148 valence electrons. The van der Waals surface area contributed by atoms with Crippen LogP contribution in [0.3, 0.4) is 0 Å². The molecule has 0 fully saturated rings. The zero-order chi connectivity index (χ0) is 20.3. The molecule has 0 radical (unpaired) electrons. The lowest BCUT2D eigenvalue weighted by molar-refractivity contribution is -0.153. The maximum Gasteiger partial charge on any atom is 0.422 e. The number of nitrogens with zero attached hydrogens (tertiary/aromatic N) is 4. The fourth-order valence-corrected chi connectivity index (χ4v) is 2.23. The Bertz CT molecular complexity index is 1010. The molecule has 12 heteroatoms. The Morgan fingerprint density at radius 1 is 1.25 bits per heavy atom. The zero-order valence-corrected chi connectivity index (χ0v) is 15.0. The third-order valence-corrected chi connectivity index (χ3v) is 3.37. The van der Waals surface area contributed by atoms with Gasteiger partial charge >= 0.3 is 12.1 Å². The molecule has 0 saturated carbocycles. The predicted molar refractivity (Wildman–Crippen MR) is 89.8 cm³/mol. The van der Waals surface area contributed by atoms with E-state index in [0.29, 0.717) is 0 Å². The second-order valence-electron chi connectivity index (χ2n) is 5.31. The van der Waals surface area contributed by atoms with E-state index in [1.165, 1.54) is 29.2 Å². The highest BCUT2D eigenvalue weighted by Crippen LogP contribution is 2.32. The molecule has 0 amide bonds. The molecule has 28 heavy (non-hydrogen) atoms. The summed E-state index contributed by atoms with van der Waals surface area (Å²) in [4.78, 5) is 23.6. The van der Waals surface area contributed by atoms with Crippen LogP contribution < -0.4 is 9.47 Å². The molecule has 3 aromatic heterocycles. The minimum atomic E-state index is -4.54. The molecule has 0 aliphatic heterocycles. The average molecular weight is 417 g/mol. The fraction of sp³-hybridized carbons (Fsp3) is 0.250. The first-order valence-corrected chi connectivity index (χ1v) is 8.18. The summed E-state index contributed by atoms with van der Waals surface area (Å²) in [6, 6.07) is 1.15. The van der Waals surface area contributed by atoms with Crippen molar-refractivity contribution in [3.05, 3.63) is 41.6 Å². The lowest BCUT2D eigenvalue weighted by Crippen LogP contribution is -2.19. The van der Waals surface area contributed by atoms with Crippen molar-refractivity contribution >= 4 is 23.3 Å². The summed E-state index contributed by atoms with van der Waals surface area (Å²) in [7, 11) is 0. The molecule has 0 aliphatic carbocycles. The molecule has 0 atom stereocenters. The fourth-order valence-electron chi connectivity index (χ4n) is 2.08. The Morgan fingerprint density at radius 3 is 2.75 bits per heavy atom. The zero-order valence-electron chi connectivity index (χ0n) is 14.2. The van der Waals surface area contributed by atoms with Gasteiger partial charge < -0.3 is 14.2 Å². The number of imidazole rings is 1. The number of carbonyl (C=O) groups is 1. The number of fused-ring (bicyclic) bond motifs is 1. The number of hydrogen-bond donors (Lipinski definition) is 0. The van der Waals surface area contributed by atoms with Crippen LogP contribution in [0.2, 0.25) is 5.02 Å². The summed E-state index contributed by atoms with van der Waals surface area (Å²) >= 11 is 5.76. The van der Waals surface area contributed by atoms with Gasteiger partial charge in [0.15, 0.2) is 23.8 Å². The van der Waals surface area contributed by atoms with Crippen molar-refractivity contribution in [2.24, 2.45) is 0 Å². The molecule has 3 aromatic rings. The van der Waals surface area contributed by atoms with Crippen molar-refractivity contribution in [3.8, 4) is 17.4 Å². The van der Waals surface area contributed by atoms with Crippen molar-refractivity contribution in [3.63, 3.8) is 0 Å². The van der Waals surface area contributed by atoms with Crippen molar-refractivity contribution in [1.82, 2.24) is 19.4 Å². The summed E-state index contributed by atoms with van der Waals surface area (Å²) in [5.74, 6) is -0.819. The monoisotopic (exact) mass is 416 g/mol. The SMILES string of the molecule is CCOC(=O)c1cn2cc(Oc3ncc(Cl)cc3OCC(F)(F)F)cnc2n1. The number of hydrogen-bond acceptors (Lipinski definition) is 7. The van der Waals surface area contributed by atoms with E-state index < -0.39 is 18.8 Å². The third kappa shape index (κ3) is 4.80. The van der Waals surface area contributed by atoms with Gasteiger partial charge in [0, 0.05) is 18.5 Å². The Kier molecular flexibility index (Phi) is 5.54. The molecule has 8 nitrogen and oxygen atoms in total. The first-order valence-electron chi connectivity index (χ1n) is 7.80. The number of ether oxygens (including phenoxy) is 3. The summed E-state index contributed by atoms with van der Waals surface area (Å²) in [6.45, 7) is 0.319. The maximum absolute atomic E-state index is 12.4. The lowest BCUT2D eigenvalue weighted by atomic mass is 10.4. The van der Waals surface area contributed by atoms with Gasteiger partial charge in [-0.3, -0.25) is 4.40 Å². The molecule has 3 heterocycles. The van der Waals surface area contributed by atoms with Crippen LogP contribution >= 0.6 is 11.6 Å². The smallest absolute Gasteiger partial charge is 0.422 e. The summed E-state index contributed by atoms with van der Waals surface area (Å²) in [5.41, 5.74) is 0.0466. The number of esters is 1. The van der Waals surface area contributed by atoms with Crippen LogP contribution in [0, 0.1) is 0 Å². The molecule has 3 rings (SSSR count). The quantitative estimate of drug-likeness (QED) is 0.566. The summed E-state index contributed by atoms with van der Waals surface area (Å²) < 4.78 is 53.7. The van der Waals surface area contributed by atoms with Gasteiger partial charge in [0.1, 0.15) is 0 Å². The molecule has 0 bridgehead atoms. The van der Waals surface area contributed by atoms with Crippen LogP contribution in [-0.4, -0.2) is 44.7 Å². The molecular weight excluding hydrogens is 405 g/mol. The predicted octanol–water partition coefficient (Wildman–Crippen LogP) is 3.69. The van der Waals surface area contributed by atoms with Gasteiger partial charge in [0.25, 0.3) is 5.88 Å². The molecule has 0 aliphatic rings. The first kappa shape index (κ1) is 19.7. The number of aromatic nitrogens is 4. The van der Waals surface area contributed by atoms with E-state index in [2.05, 4.69) is 15.0 Å². The van der Waals surface area contributed by atoms with E-state index >= 15 is 0 Å². The topological polar surface area (TPSA) is 87.8 Å². The van der Waals surface area contributed by atoms with Gasteiger partial charge in [0.05, 0.1) is 24.0 Å². The second-order valence-corrected chi connectivity index (χ2v) is 5.74. The van der Waals surface area contributed by atoms with E-state index in [9.17, 15) is 18.0 Å². The van der Waals surface area contributed by atoms with E-state index in [-0.39, 0.29) is 40.5 Å². The lowest BCUT2D eigenvalue weighted by Gasteiger charge is -2.13. The number of rotatable bonds is 6. The Balaban J connectivity index is 1.85. The van der Waals surface area contributed by atoms with Gasteiger partial charge in [-0.05, 0) is 6.92 Å². The van der Waals surface area contributed by atoms with Gasteiger partial charge in [-0.1, -0.05) is 11.6 Å².